The zero-order valence-corrected chi connectivity index (χ0v) is 18.0. The van der Waals surface area contributed by atoms with Crippen molar-refractivity contribution in [2.24, 2.45) is 17.8 Å². The second-order valence-corrected chi connectivity index (χ2v) is 9.82. The molecular formula is C20H26FN3O2S2. The van der Waals surface area contributed by atoms with E-state index in [0.29, 0.717) is 32.9 Å². The minimum absolute atomic E-state index is 0.00422. The molecule has 0 bridgehead atoms. The normalized spacial score (nSPS) is 22.2. The Morgan fingerprint density at radius 2 is 2.14 bits per heavy atom. The molecule has 0 radical (unpaired) electrons. The van der Waals surface area contributed by atoms with Crippen molar-refractivity contribution < 1.29 is 13.9 Å². The van der Waals surface area contributed by atoms with Crippen LogP contribution in [-0.4, -0.2) is 28.0 Å². The summed E-state index contributed by atoms with van der Waals surface area (Å²) in [6, 6.07) is 6.39. The van der Waals surface area contributed by atoms with Gasteiger partial charge in [-0.2, -0.15) is 0 Å². The average molecular weight is 424 g/mol. The number of nitrogens with zero attached hydrogens (tertiary/aromatic N) is 2. The summed E-state index contributed by atoms with van der Waals surface area (Å²) in [5.74, 6) is 1.17. The molecule has 1 aromatic heterocycles. The first kappa shape index (κ1) is 21.0. The Hall–Kier alpha value is -1.67. The Balaban J connectivity index is 1.51. The minimum Gasteiger partial charge on any atom is -0.461 e. The molecule has 152 valence electrons. The Morgan fingerprint density at radius 3 is 2.89 bits per heavy atom. The third-order valence-electron chi connectivity index (χ3n) is 5.08. The molecule has 3 rings (SSSR count). The molecule has 1 heterocycles. The lowest BCUT2D eigenvalue weighted by Gasteiger charge is -2.36. The maximum Gasteiger partial charge on any atom is 0.316 e. The molecule has 0 saturated heterocycles. The number of esters is 1. The zero-order valence-electron chi connectivity index (χ0n) is 16.4. The average Bonchev–Trinajstić information content (AvgIpc) is 3.09. The molecule has 1 aromatic carbocycles. The number of halogens is 1. The van der Waals surface area contributed by atoms with Gasteiger partial charge in [0.05, 0.1) is 11.4 Å². The molecule has 0 spiro atoms. The number of carbonyl (C=O) groups is 1. The van der Waals surface area contributed by atoms with Crippen molar-refractivity contribution in [3.05, 3.63) is 30.1 Å². The summed E-state index contributed by atoms with van der Waals surface area (Å²) < 4.78 is 20.2. The maximum absolute atomic E-state index is 13.7. The van der Waals surface area contributed by atoms with Gasteiger partial charge in [-0.15, -0.1) is 10.2 Å². The quantitative estimate of drug-likeness (QED) is 0.467. The summed E-state index contributed by atoms with van der Waals surface area (Å²) in [7, 11) is 0. The molecule has 5 nitrogen and oxygen atoms in total. The minimum atomic E-state index is -0.350. The number of benzene rings is 1. The predicted octanol–water partition coefficient (Wildman–Crippen LogP) is 5.52. The molecular weight excluding hydrogens is 397 g/mol. The van der Waals surface area contributed by atoms with Crippen molar-refractivity contribution in [1.82, 2.24) is 10.2 Å². The van der Waals surface area contributed by atoms with Gasteiger partial charge in [0.15, 0.2) is 4.34 Å². The number of anilines is 2. The predicted molar refractivity (Wildman–Crippen MR) is 112 cm³/mol. The van der Waals surface area contributed by atoms with Crippen LogP contribution in [0.3, 0.4) is 0 Å². The van der Waals surface area contributed by atoms with E-state index < -0.39 is 0 Å². The van der Waals surface area contributed by atoms with Crippen LogP contribution in [0, 0.1) is 23.6 Å². The summed E-state index contributed by atoms with van der Waals surface area (Å²) in [5.41, 5.74) is 0.348. The molecule has 1 saturated carbocycles. The van der Waals surface area contributed by atoms with Gasteiger partial charge in [0, 0.05) is 0 Å². The fourth-order valence-electron chi connectivity index (χ4n) is 3.57. The smallest absolute Gasteiger partial charge is 0.316 e. The highest BCUT2D eigenvalue weighted by Crippen LogP contribution is 2.36. The third kappa shape index (κ3) is 5.67. The van der Waals surface area contributed by atoms with Crippen molar-refractivity contribution in [1.29, 1.82) is 0 Å². The van der Waals surface area contributed by atoms with Crippen LogP contribution in [0.15, 0.2) is 28.6 Å². The second kappa shape index (κ2) is 9.69. The molecule has 0 aliphatic heterocycles. The van der Waals surface area contributed by atoms with Gasteiger partial charge in [0.2, 0.25) is 5.13 Å². The monoisotopic (exact) mass is 423 g/mol. The summed E-state index contributed by atoms with van der Waals surface area (Å²) >= 11 is 2.59. The van der Waals surface area contributed by atoms with Crippen LogP contribution >= 0.6 is 23.1 Å². The summed E-state index contributed by atoms with van der Waals surface area (Å²) in [4.78, 5) is 12.4. The largest absolute Gasteiger partial charge is 0.461 e. The van der Waals surface area contributed by atoms with Gasteiger partial charge >= 0.3 is 5.97 Å². The van der Waals surface area contributed by atoms with Crippen molar-refractivity contribution >= 4 is 39.9 Å². The first-order chi connectivity index (χ1) is 13.4. The van der Waals surface area contributed by atoms with Gasteiger partial charge < -0.3 is 10.1 Å². The summed E-state index contributed by atoms with van der Waals surface area (Å²) in [5, 5.41) is 11.5. The SMILES string of the molecule is CC1CCC(C(C)C)C(OC(=O)CSc2nnc(Nc3ccccc3F)s2)C1. The van der Waals surface area contributed by atoms with E-state index in [2.05, 4.69) is 36.3 Å². The number of ether oxygens (including phenoxy) is 1. The van der Waals surface area contributed by atoms with Crippen molar-refractivity contribution in [3.63, 3.8) is 0 Å². The zero-order chi connectivity index (χ0) is 20.1. The first-order valence-electron chi connectivity index (χ1n) is 9.59. The van der Waals surface area contributed by atoms with Gasteiger partial charge in [-0.05, 0) is 42.7 Å². The van der Waals surface area contributed by atoms with Gasteiger partial charge in [0.1, 0.15) is 11.9 Å². The van der Waals surface area contributed by atoms with Crippen molar-refractivity contribution in [3.8, 4) is 0 Å². The van der Waals surface area contributed by atoms with Crippen LogP contribution < -0.4 is 5.32 Å². The lowest BCUT2D eigenvalue weighted by atomic mass is 9.75. The van der Waals surface area contributed by atoms with E-state index in [1.807, 2.05) is 0 Å². The Kier molecular flexibility index (Phi) is 7.29. The van der Waals surface area contributed by atoms with Gasteiger partial charge in [-0.3, -0.25) is 4.79 Å². The topological polar surface area (TPSA) is 64.1 Å². The van der Waals surface area contributed by atoms with Crippen LogP contribution in [0.1, 0.15) is 40.0 Å². The molecule has 28 heavy (non-hydrogen) atoms. The number of nitrogens with one attached hydrogen (secondary N) is 1. The van der Waals surface area contributed by atoms with Crippen LogP contribution in [0.25, 0.3) is 0 Å². The van der Waals surface area contributed by atoms with Crippen molar-refractivity contribution in [2.75, 3.05) is 11.1 Å². The highest BCUT2D eigenvalue weighted by atomic mass is 32.2. The van der Waals surface area contributed by atoms with E-state index >= 15 is 0 Å². The van der Waals surface area contributed by atoms with Crippen LogP contribution in [-0.2, 0) is 9.53 Å². The van der Waals surface area contributed by atoms with Gasteiger partial charge in [-0.25, -0.2) is 4.39 Å². The van der Waals surface area contributed by atoms with Gasteiger partial charge in [-0.1, -0.05) is 62.4 Å². The second-order valence-electron chi connectivity index (χ2n) is 7.62. The van der Waals surface area contributed by atoms with E-state index in [-0.39, 0.29) is 23.6 Å². The molecule has 2 aromatic rings. The van der Waals surface area contributed by atoms with E-state index in [1.165, 1.54) is 35.6 Å². The number of thioether (sulfide) groups is 1. The molecule has 1 fully saturated rings. The Morgan fingerprint density at radius 1 is 1.36 bits per heavy atom. The van der Waals surface area contributed by atoms with Gasteiger partial charge in [0.25, 0.3) is 0 Å². The van der Waals surface area contributed by atoms with Crippen molar-refractivity contribution in [2.45, 2.75) is 50.5 Å². The molecule has 1 aliphatic rings. The Labute approximate surface area is 173 Å². The standard InChI is InChI=1S/C20H26FN3O2S2/c1-12(2)14-9-8-13(3)10-17(14)26-18(25)11-27-20-24-23-19(28-20)22-16-7-5-4-6-15(16)21/h4-7,12-14,17H,8-11H2,1-3H3,(H,22,23). The lowest BCUT2D eigenvalue weighted by molar-refractivity contribution is -0.152. The fraction of sp³-hybridized carbons (Fsp3) is 0.550. The number of aromatic nitrogens is 2. The van der Waals surface area contributed by atoms with E-state index in [0.717, 1.165) is 12.8 Å². The number of hydrogen-bond acceptors (Lipinski definition) is 7. The summed E-state index contributed by atoms with van der Waals surface area (Å²) in [6.07, 6.45) is 3.26. The lowest BCUT2D eigenvalue weighted by Crippen LogP contribution is -2.36. The Bertz CT molecular complexity index is 799. The number of rotatable bonds is 7. The molecule has 8 heteroatoms. The fourth-order valence-corrected chi connectivity index (χ4v) is 5.12. The van der Waals surface area contributed by atoms with Crippen LogP contribution in [0.4, 0.5) is 15.2 Å². The first-order valence-corrected chi connectivity index (χ1v) is 11.4. The number of carbonyl (C=O) groups excluding carboxylic acids is 1. The molecule has 3 unspecified atom stereocenters. The molecule has 0 amide bonds. The van der Waals surface area contributed by atoms with E-state index in [1.54, 1.807) is 18.2 Å². The third-order valence-corrected chi connectivity index (χ3v) is 7.03. The molecule has 1 N–H and O–H groups in total. The highest BCUT2D eigenvalue weighted by molar-refractivity contribution is 8.01. The molecule has 3 atom stereocenters. The van der Waals surface area contributed by atoms with Crippen LogP contribution in [0.5, 0.6) is 0 Å². The maximum atomic E-state index is 13.7. The van der Waals surface area contributed by atoms with E-state index in [9.17, 15) is 9.18 Å². The summed E-state index contributed by atoms with van der Waals surface area (Å²) in [6.45, 7) is 6.61. The number of hydrogen-bond donors (Lipinski definition) is 1. The van der Waals surface area contributed by atoms with Crippen LogP contribution in [0.2, 0.25) is 0 Å². The number of para-hydroxylation sites is 1. The molecule has 1 aliphatic carbocycles. The van der Waals surface area contributed by atoms with E-state index in [4.69, 9.17) is 4.74 Å². The highest BCUT2D eigenvalue weighted by Gasteiger charge is 2.33.